The third-order valence-electron chi connectivity index (χ3n) is 6.45. The number of fused-ring (bicyclic) bond motifs is 3. The van der Waals surface area contributed by atoms with E-state index in [0.29, 0.717) is 6.07 Å². The number of benzene rings is 2. The number of likely N-dealkylation sites (N-methyl/N-ethyl adjacent to an activating group) is 1. The molecule has 1 N–H and O–H groups in total. The van der Waals surface area contributed by atoms with Crippen LogP contribution in [0.25, 0.3) is 22.5 Å². The molecular formula is C25H21ClF2N8O. The van der Waals surface area contributed by atoms with E-state index in [2.05, 4.69) is 37.1 Å². The van der Waals surface area contributed by atoms with Crippen molar-refractivity contribution in [2.24, 2.45) is 0 Å². The summed E-state index contributed by atoms with van der Waals surface area (Å²) in [6, 6.07) is 9.59. The minimum atomic E-state index is -0.990. The third-order valence-corrected chi connectivity index (χ3v) is 6.74. The summed E-state index contributed by atoms with van der Waals surface area (Å²) in [6.07, 6.45) is 4.40. The van der Waals surface area contributed by atoms with Crippen LogP contribution in [0.3, 0.4) is 0 Å². The molecule has 0 amide bonds. The van der Waals surface area contributed by atoms with Crippen LogP contribution in [-0.4, -0.2) is 62.0 Å². The molecule has 0 bridgehead atoms. The smallest absolute Gasteiger partial charge is 0.270 e. The van der Waals surface area contributed by atoms with Crippen molar-refractivity contribution >= 4 is 45.7 Å². The first-order valence-corrected chi connectivity index (χ1v) is 12.0. The average molecular weight is 523 g/mol. The van der Waals surface area contributed by atoms with E-state index >= 15 is 0 Å². The molecule has 1 fully saturated rings. The maximum atomic E-state index is 14.7. The maximum absolute atomic E-state index is 14.7. The van der Waals surface area contributed by atoms with Gasteiger partial charge in [0.1, 0.15) is 16.9 Å². The van der Waals surface area contributed by atoms with Gasteiger partial charge in [0.05, 0.1) is 5.02 Å². The van der Waals surface area contributed by atoms with Gasteiger partial charge in [-0.15, -0.1) is 0 Å². The molecule has 0 spiro atoms. The molecule has 6 rings (SSSR count). The second kappa shape index (κ2) is 9.09. The van der Waals surface area contributed by atoms with Gasteiger partial charge in [0.25, 0.3) is 5.56 Å². The van der Waals surface area contributed by atoms with Crippen LogP contribution in [0.1, 0.15) is 0 Å². The highest BCUT2D eigenvalue weighted by atomic mass is 35.5. The number of anilines is 3. The Kier molecular flexibility index (Phi) is 5.73. The standard InChI is InChI=1S/C25H21ClF2N8O/c1-33-8-10-34(11-9-33)17-4-2-16(3-5-17)31-24-30-14-18-22(32-24)35-7-6-29-25(35)36(23(18)37)21-19(26)12-15(27)13-20(21)28/h2-7,12-14H,8-11H2,1H3,(H,30,31,32). The highest BCUT2D eigenvalue weighted by Crippen LogP contribution is 2.27. The van der Waals surface area contributed by atoms with Crippen LogP contribution in [0, 0.1) is 11.6 Å². The molecule has 1 aliphatic heterocycles. The number of halogens is 3. The summed E-state index contributed by atoms with van der Waals surface area (Å²) < 4.78 is 30.9. The first kappa shape index (κ1) is 23.3. The van der Waals surface area contributed by atoms with Gasteiger partial charge in [-0.05, 0) is 37.4 Å². The number of rotatable bonds is 4. The van der Waals surface area contributed by atoms with E-state index in [1.807, 2.05) is 24.3 Å². The summed E-state index contributed by atoms with van der Waals surface area (Å²) in [7, 11) is 2.12. The molecule has 3 aromatic heterocycles. The lowest BCUT2D eigenvalue weighted by atomic mass is 10.2. The Morgan fingerprint density at radius 1 is 1.03 bits per heavy atom. The fourth-order valence-corrected chi connectivity index (χ4v) is 4.78. The van der Waals surface area contributed by atoms with Gasteiger partial charge in [-0.1, -0.05) is 11.6 Å². The van der Waals surface area contributed by atoms with Crippen molar-refractivity contribution in [1.29, 1.82) is 0 Å². The number of hydrogen-bond donors (Lipinski definition) is 1. The molecule has 0 unspecified atom stereocenters. The first-order valence-electron chi connectivity index (χ1n) is 11.6. The van der Waals surface area contributed by atoms with Crippen LogP contribution in [0.5, 0.6) is 0 Å². The van der Waals surface area contributed by atoms with Crippen LogP contribution in [-0.2, 0) is 0 Å². The van der Waals surface area contributed by atoms with Crippen molar-refractivity contribution in [3.8, 4) is 5.69 Å². The molecule has 0 radical (unpaired) electrons. The lowest BCUT2D eigenvalue weighted by Crippen LogP contribution is -2.44. The predicted molar refractivity (Wildman–Crippen MR) is 138 cm³/mol. The van der Waals surface area contributed by atoms with Crippen LogP contribution in [0.4, 0.5) is 26.1 Å². The summed E-state index contributed by atoms with van der Waals surface area (Å²) in [5, 5.41) is 3.02. The summed E-state index contributed by atoms with van der Waals surface area (Å²) >= 11 is 6.12. The second-order valence-electron chi connectivity index (χ2n) is 8.85. The zero-order valence-corrected chi connectivity index (χ0v) is 20.5. The Labute approximate surface area is 214 Å². The van der Waals surface area contributed by atoms with Crippen molar-refractivity contribution < 1.29 is 8.78 Å². The number of aromatic nitrogens is 5. The van der Waals surface area contributed by atoms with Crippen molar-refractivity contribution in [3.63, 3.8) is 0 Å². The summed E-state index contributed by atoms with van der Waals surface area (Å²) in [4.78, 5) is 31.1. The van der Waals surface area contributed by atoms with E-state index in [1.165, 1.54) is 16.8 Å². The van der Waals surface area contributed by atoms with Crippen LogP contribution in [0.15, 0.2) is 59.8 Å². The van der Waals surface area contributed by atoms with Gasteiger partial charge in [0.2, 0.25) is 11.7 Å². The highest BCUT2D eigenvalue weighted by Gasteiger charge is 2.21. The quantitative estimate of drug-likeness (QED) is 0.384. The normalized spacial score (nSPS) is 14.5. The topological polar surface area (TPSA) is 83.6 Å². The van der Waals surface area contributed by atoms with E-state index in [4.69, 9.17) is 11.6 Å². The van der Waals surface area contributed by atoms with E-state index in [9.17, 15) is 13.6 Å². The zero-order valence-electron chi connectivity index (χ0n) is 19.7. The van der Waals surface area contributed by atoms with Gasteiger partial charge in [-0.25, -0.2) is 23.3 Å². The Morgan fingerprint density at radius 2 is 1.78 bits per heavy atom. The molecular weight excluding hydrogens is 502 g/mol. The van der Waals surface area contributed by atoms with Gasteiger partial charge < -0.3 is 15.1 Å². The molecule has 4 heterocycles. The summed E-state index contributed by atoms with van der Waals surface area (Å²) in [6.45, 7) is 4.00. The van der Waals surface area contributed by atoms with E-state index in [0.717, 1.165) is 48.2 Å². The number of nitrogens with one attached hydrogen (secondary N) is 1. The predicted octanol–water partition coefficient (Wildman–Crippen LogP) is 3.86. The third kappa shape index (κ3) is 4.15. The second-order valence-corrected chi connectivity index (χ2v) is 9.26. The molecule has 12 heteroatoms. The molecule has 188 valence electrons. The van der Waals surface area contributed by atoms with E-state index < -0.39 is 17.2 Å². The fraction of sp³-hybridized carbons (Fsp3) is 0.200. The fourth-order valence-electron chi connectivity index (χ4n) is 4.50. The maximum Gasteiger partial charge on any atom is 0.270 e. The van der Waals surface area contributed by atoms with Crippen LogP contribution < -0.4 is 15.8 Å². The van der Waals surface area contributed by atoms with Gasteiger partial charge in [-0.3, -0.25) is 9.20 Å². The molecule has 1 saturated heterocycles. The van der Waals surface area contributed by atoms with Crippen LogP contribution in [0.2, 0.25) is 5.02 Å². The molecule has 1 aliphatic rings. The summed E-state index contributed by atoms with van der Waals surface area (Å²) in [5.74, 6) is -1.49. The van der Waals surface area contributed by atoms with Crippen molar-refractivity contribution in [3.05, 3.63) is 82.0 Å². The first-order chi connectivity index (χ1) is 17.9. The Bertz CT molecular complexity index is 1670. The average Bonchev–Trinajstić information content (AvgIpc) is 3.36. The Hall–Kier alpha value is -4.09. The van der Waals surface area contributed by atoms with Gasteiger partial charge in [0, 0.05) is 62.2 Å². The van der Waals surface area contributed by atoms with E-state index in [-0.39, 0.29) is 33.5 Å². The Morgan fingerprint density at radius 3 is 2.51 bits per heavy atom. The number of hydrogen-bond acceptors (Lipinski definition) is 7. The summed E-state index contributed by atoms with van der Waals surface area (Å²) in [5.41, 5.74) is 1.27. The largest absolute Gasteiger partial charge is 0.369 e. The number of imidazole rings is 1. The lowest BCUT2D eigenvalue weighted by molar-refractivity contribution is 0.313. The molecule has 0 saturated carbocycles. The van der Waals surface area contributed by atoms with Crippen molar-refractivity contribution in [2.75, 3.05) is 43.4 Å². The minimum Gasteiger partial charge on any atom is -0.369 e. The van der Waals surface area contributed by atoms with Gasteiger partial charge >= 0.3 is 0 Å². The highest BCUT2D eigenvalue weighted by molar-refractivity contribution is 6.32. The van der Waals surface area contributed by atoms with Gasteiger partial charge in [-0.2, -0.15) is 4.98 Å². The number of nitrogens with zero attached hydrogens (tertiary/aromatic N) is 7. The van der Waals surface area contributed by atoms with E-state index in [1.54, 1.807) is 6.20 Å². The monoisotopic (exact) mass is 522 g/mol. The van der Waals surface area contributed by atoms with Crippen molar-refractivity contribution in [1.82, 2.24) is 28.8 Å². The molecule has 37 heavy (non-hydrogen) atoms. The molecule has 0 atom stereocenters. The minimum absolute atomic E-state index is 0.0751. The Balaban J connectivity index is 1.37. The van der Waals surface area contributed by atoms with Crippen molar-refractivity contribution in [2.45, 2.75) is 0 Å². The van der Waals surface area contributed by atoms with Gasteiger partial charge in [0.15, 0.2) is 11.5 Å². The molecule has 0 aliphatic carbocycles. The lowest BCUT2D eigenvalue weighted by Gasteiger charge is -2.34. The number of piperazine rings is 1. The SMILES string of the molecule is CN1CCN(c2ccc(Nc3ncc4c(=O)n(-c5c(F)cc(F)cc5Cl)c5nccn5c4n3)cc2)CC1. The van der Waals surface area contributed by atoms with Crippen LogP contribution >= 0.6 is 11.6 Å². The molecule has 5 aromatic rings. The molecule has 2 aromatic carbocycles. The molecule has 9 nitrogen and oxygen atoms in total. The zero-order chi connectivity index (χ0) is 25.7.